The monoisotopic (exact) mass is 383 g/mol. The summed E-state index contributed by atoms with van der Waals surface area (Å²) in [7, 11) is 0. The number of benzene rings is 2. The van der Waals surface area contributed by atoms with E-state index in [1.807, 2.05) is 0 Å². The Balaban J connectivity index is 2.31. The van der Waals surface area contributed by atoms with E-state index in [1.54, 1.807) is 12.1 Å². The predicted molar refractivity (Wildman–Crippen MR) is 91.7 cm³/mol. The molecule has 0 aliphatic heterocycles. The largest absolute Gasteiger partial charge is 0.550 e. The van der Waals surface area contributed by atoms with E-state index in [1.165, 1.54) is 29.5 Å². The second-order valence-corrected chi connectivity index (χ2v) is 7.09. The first-order valence-electron chi connectivity index (χ1n) is 7.85. The van der Waals surface area contributed by atoms with Gasteiger partial charge in [0, 0.05) is 57.3 Å². The molecule has 27 heavy (non-hydrogen) atoms. The fourth-order valence-electron chi connectivity index (χ4n) is 2.97. The van der Waals surface area contributed by atoms with Crippen LogP contribution >= 0.6 is 11.3 Å². The zero-order valence-corrected chi connectivity index (χ0v) is 14.6. The summed E-state index contributed by atoms with van der Waals surface area (Å²) in [5.74, 6) is -3.99. The lowest BCUT2D eigenvalue weighted by atomic mass is 10.0. The lowest BCUT2D eigenvalue weighted by Crippen LogP contribution is -2.26. The zero-order valence-electron chi connectivity index (χ0n) is 13.8. The third kappa shape index (κ3) is 3.95. The second kappa shape index (κ2) is 7.16. The number of rotatable bonds is 6. The summed E-state index contributed by atoms with van der Waals surface area (Å²) >= 11 is 1.17. The summed E-state index contributed by atoms with van der Waals surface area (Å²) in [5.41, 5.74) is 0.491. The van der Waals surface area contributed by atoms with E-state index in [9.17, 15) is 34.5 Å². The van der Waals surface area contributed by atoms with Crippen molar-refractivity contribution < 1.29 is 29.7 Å². The number of carbonyl (C=O) groups excluding carboxylic acids is 3. The normalized spacial score (nSPS) is 11.0. The number of fused-ring (bicyclic) bond motifs is 2. The molecular weight excluding hydrogens is 372 g/mol. The Labute approximate surface area is 156 Å². The summed E-state index contributed by atoms with van der Waals surface area (Å²) < 4.78 is 0.980. The highest BCUT2D eigenvalue weighted by atomic mass is 32.1. The summed E-state index contributed by atoms with van der Waals surface area (Å²) in [4.78, 5) is 45.7. The molecule has 0 aliphatic carbocycles. The van der Waals surface area contributed by atoms with Crippen LogP contribution in [0, 0.1) is 0 Å². The van der Waals surface area contributed by atoms with Gasteiger partial charge < -0.3 is 29.7 Å². The third-order valence-electron chi connectivity index (χ3n) is 4.00. The van der Waals surface area contributed by atoms with Gasteiger partial charge in [0.2, 0.25) is 0 Å². The highest BCUT2D eigenvalue weighted by Crippen LogP contribution is 2.30. The summed E-state index contributed by atoms with van der Waals surface area (Å²) in [6, 6.07) is 7.42. The number of carbonyl (C=O) groups is 3. The van der Waals surface area contributed by atoms with Crippen molar-refractivity contribution in [1.29, 1.82) is 0 Å². The van der Waals surface area contributed by atoms with Crippen molar-refractivity contribution in [3.05, 3.63) is 57.2 Å². The molecule has 0 N–H and O–H groups in total. The van der Waals surface area contributed by atoms with Gasteiger partial charge in [-0.3, -0.25) is 4.79 Å². The molecule has 1 aromatic heterocycles. The van der Waals surface area contributed by atoms with Gasteiger partial charge in [-0.15, -0.1) is 11.3 Å². The van der Waals surface area contributed by atoms with Gasteiger partial charge in [0.1, 0.15) is 0 Å². The van der Waals surface area contributed by atoms with Crippen LogP contribution in [0.25, 0.3) is 20.2 Å². The van der Waals surface area contributed by atoms with Crippen molar-refractivity contribution >= 4 is 49.4 Å². The van der Waals surface area contributed by atoms with E-state index in [0.29, 0.717) is 15.0 Å². The van der Waals surface area contributed by atoms with Crippen LogP contribution in [0.15, 0.2) is 35.1 Å². The Morgan fingerprint density at radius 2 is 1.37 bits per heavy atom. The molecule has 0 fully saturated rings. The smallest absolute Gasteiger partial charge is 0.195 e. The molecule has 0 atom stereocenters. The van der Waals surface area contributed by atoms with E-state index in [2.05, 4.69) is 0 Å². The molecule has 3 rings (SSSR count). The van der Waals surface area contributed by atoms with Gasteiger partial charge in [0.15, 0.2) is 5.43 Å². The number of hydrogen-bond acceptors (Lipinski definition) is 8. The average Bonchev–Trinajstić information content (AvgIpc) is 2.55. The SMILES string of the molecule is O=C([O-])Cc1ccc2sc3c(CC(=O)[O-])cc(CC(=O)[O-])cc3c(=O)c2c1. The molecular formula is C19H11O7S-3. The molecule has 138 valence electrons. The maximum Gasteiger partial charge on any atom is 0.195 e. The van der Waals surface area contributed by atoms with Crippen LogP contribution in [0.5, 0.6) is 0 Å². The summed E-state index contributed by atoms with van der Waals surface area (Å²) in [6.07, 6.45) is -1.29. The molecule has 0 aliphatic rings. The van der Waals surface area contributed by atoms with E-state index in [0.717, 1.165) is 0 Å². The highest BCUT2D eigenvalue weighted by Gasteiger charge is 2.13. The Morgan fingerprint density at radius 3 is 2.00 bits per heavy atom. The second-order valence-electron chi connectivity index (χ2n) is 6.04. The van der Waals surface area contributed by atoms with Crippen molar-refractivity contribution in [2.75, 3.05) is 0 Å². The minimum Gasteiger partial charge on any atom is -0.550 e. The third-order valence-corrected chi connectivity index (χ3v) is 5.26. The van der Waals surface area contributed by atoms with Crippen LogP contribution in [-0.4, -0.2) is 17.9 Å². The first-order valence-corrected chi connectivity index (χ1v) is 8.67. The summed E-state index contributed by atoms with van der Waals surface area (Å²) in [6.45, 7) is 0. The van der Waals surface area contributed by atoms with E-state index >= 15 is 0 Å². The number of carboxylic acid groups (broad SMARTS) is 3. The lowest BCUT2D eigenvalue weighted by Gasteiger charge is -2.12. The van der Waals surface area contributed by atoms with Gasteiger partial charge in [-0.2, -0.15) is 0 Å². The first kappa shape index (κ1) is 18.5. The van der Waals surface area contributed by atoms with Crippen molar-refractivity contribution in [3.8, 4) is 0 Å². The number of aliphatic carboxylic acids is 3. The molecule has 0 radical (unpaired) electrons. The lowest BCUT2D eigenvalue weighted by molar-refractivity contribution is -0.306. The maximum absolute atomic E-state index is 12.9. The molecule has 0 saturated carbocycles. The summed E-state index contributed by atoms with van der Waals surface area (Å²) in [5, 5.41) is 33.2. The first-order chi connectivity index (χ1) is 12.7. The molecule has 0 unspecified atom stereocenters. The van der Waals surface area contributed by atoms with Crippen molar-refractivity contribution in [2.45, 2.75) is 19.3 Å². The number of hydrogen-bond donors (Lipinski definition) is 0. The van der Waals surface area contributed by atoms with E-state index in [4.69, 9.17) is 0 Å². The minimum atomic E-state index is -1.36. The Hall–Kier alpha value is -3.26. The fourth-order valence-corrected chi connectivity index (χ4v) is 4.12. The molecule has 2 aromatic carbocycles. The van der Waals surface area contributed by atoms with Crippen LogP contribution in [-0.2, 0) is 33.6 Å². The van der Waals surface area contributed by atoms with Crippen LogP contribution in [0.4, 0.5) is 0 Å². The van der Waals surface area contributed by atoms with Crippen LogP contribution < -0.4 is 20.7 Å². The topological polar surface area (TPSA) is 137 Å². The molecule has 1 heterocycles. The van der Waals surface area contributed by atoms with Gasteiger partial charge in [-0.05, 0) is 34.9 Å². The Bertz CT molecular complexity index is 1160. The molecule has 0 amide bonds. The molecule has 0 saturated heterocycles. The molecule has 0 spiro atoms. The molecule has 7 nitrogen and oxygen atoms in total. The van der Waals surface area contributed by atoms with Gasteiger partial charge in [0.25, 0.3) is 0 Å². The zero-order chi connectivity index (χ0) is 19.7. The predicted octanol–water partition coefficient (Wildman–Crippen LogP) is -1.71. The standard InChI is InChI=1S/C19H14O7S/c20-15(21)6-9-1-2-14-12(4-9)18(26)13-5-10(7-16(22)23)3-11(8-17(24)25)19(13)27-14/h1-5H,6-8H2,(H,20,21)(H,22,23)(H,24,25)/p-3. The van der Waals surface area contributed by atoms with Gasteiger partial charge in [-0.1, -0.05) is 12.1 Å². The quantitative estimate of drug-likeness (QED) is 0.462. The van der Waals surface area contributed by atoms with Gasteiger partial charge in [-0.25, -0.2) is 0 Å². The molecule has 3 aromatic rings. The van der Waals surface area contributed by atoms with Crippen LogP contribution in [0.2, 0.25) is 0 Å². The Kier molecular flexibility index (Phi) is 4.91. The number of carboxylic acids is 3. The fraction of sp³-hybridized carbons (Fsp3) is 0.158. The van der Waals surface area contributed by atoms with Gasteiger partial charge >= 0.3 is 0 Å². The van der Waals surface area contributed by atoms with Crippen LogP contribution in [0.1, 0.15) is 16.7 Å². The molecule has 0 bridgehead atoms. The van der Waals surface area contributed by atoms with E-state index in [-0.39, 0.29) is 28.3 Å². The Morgan fingerprint density at radius 1 is 0.778 bits per heavy atom. The average molecular weight is 383 g/mol. The minimum absolute atomic E-state index is 0.174. The van der Waals surface area contributed by atoms with E-state index < -0.39 is 36.2 Å². The highest BCUT2D eigenvalue weighted by molar-refractivity contribution is 7.24. The van der Waals surface area contributed by atoms with Crippen molar-refractivity contribution in [2.24, 2.45) is 0 Å². The maximum atomic E-state index is 12.9. The van der Waals surface area contributed by atoms with Crippen molar-refractivity contribution in [1.82, 2.24) is 0 Å². The molecule has 8 heteroatoms. The van der Waals surface area contributed by atoms with Gasteiger partial charge in [0.05, 0.1) is 0 Å². The van der Waals surface area contributed by atoms with Crippen molar-refractivity contribution in [3.63, 3.8) is 0 Å². The van der Waals surface area contributed by atoms with Crippen LogP contribution in [0.3, 0.4) is 0 Å².